The summed E-state index contributed by atoms with van der Waals surface area (Å²) in [7, 11) is 4.18. The first-order valence-electron chi connectivity index (χ1n) is 7.31. The average molecular weight is 258 g/mol. The van der Waals surface area contributed by atoms with Crippen molar-refractivity contribution >= 4 is 0 Å². The van der Waals surface area contributed by atoms with Gasteiger partial charge >= 0.3 is 0 Å². The minimum Gasteiger partial charge on any atom is -0.379 e. The largest absolute Gasteiger partial charge is 0.379 e. The average Bonchev–Trinajstić information content (AvgIpc) is 2.77. The summed E-state index contributed by atoms with van der Waals surface area (Å²) in [6.45, 7) is 6.97. The van der Waals surface area contributed by atoms with E-state index in [4.69, 9.17) is 9.47 Å². The summed E-state index contributed by atoms with van der Waals surface area (Å²) in [6, 6.07) is 0. The first kappa shape index (κ1) is 15.9. The van der Waals surface area contributed by atoms with E-state index in [0.717, 1.165) is 45.7 Å². The second kappa shape index (κ2) is 9.73. The Morgan fingerprint density at radius 2 is 2.06 bits per heavy atom. The number of hydrogen-bond donors (Lipinski definition) is 1. The molecule has 108 valence electrons. The number of hydrogen-bond acceptors (Lipinski definition) is 4. The molecule has 0 saturated carbocycles. The van der Waals surface area contributed by atoms with Crippen molar-refractivity contribution < 1.29 is 9.47 Å². The molecule has 2 atom stereocenters. The van der Waals surface area contributed by atoms with Gasteiger partial charge in [-0.1, -0.05) is 6.92 Å². The third-order valence-corrected chi connectivity index (χ3v) is 3.19. The molecule has 1 rings (SSSR count). The summed E-state index contributed by atoms with van der Waals surface area (Å²) in [5.74, 6) is 0. The van der Waals surface area contributed by atoms with Crippen LogP contribution in [0.15, 0.2) is 0 Å². The zero-order valence-electron chi connectivity index (χ0n) is 12.3. The van der Waals surface area contributed by atoms with Crippen molar-refractivity contribution in [3.05, 3.63) is 0 Å². The van der Waals surface area contributed by atoms with Crippen LogP contribution >= 0.6 is 0 Å². The molecule has 1 saturated heterocycles. The summed E-state index contributed by atoms with van der Waals surface area (Å²) in [5, 5.41) is 3.42. The Morgan fingerprint density at radius 1 is 1.28 bits per heavy atom. The van der Waals surface area contributed by atoms with Gasteiger partial charge in [-0.05, 0) is 52.9 Å². The maximum Gasteiger partial charge on any atom is 0.0813 e. The van der Waals surface area contributed by atoms with Crippen LogP contribution in [0.25, 0.3) is 0 Å². The second-order valence-electron chi connectivity index (χ2n) is 5.39. The lowest BCUT2D eigenvalue weighted by molar-refractivity contribution is -0.0152. The third-order valence-electron chi connectivity index (χ3n) is 3.19. The van der Waals surface area contributed by atoms with E-state index in [1.807, 2.05) is 0 Å². The van der Waals surface area contributed by atoms with Gasteiger partial charge in [0.1, 0.15) is 0 Å². The fourth-order valence-corrected chi connectivity index (χ4v) is 2.19. The molecule has 1 aliphatic rings. The predicted molar refractivity (Wildman–Crippen MR) is 75.0 cm³/mol. The molecule has 0 aromatic carbocycles. The molecule has 1 fully saturated rings. The molecule has 0 aromatic rings. The Hall–Kier alpha value is -0.160. The van der Waals surface area contributed by atoms with Gasteiger partial charge in [-0.25, -0.2) is 0 Å². The first-order chi connectivity index (χ1) is 8.72. The van der Waals surface area contributed by atoms with Crippen molar-refractivity contribution in [3.8, 4) is 0 Å². The zero-order chi connectivity index (χ0) is 13.2. The molecule has 18 heavy (non-hydrogen) atoms. The minimum absolute atomic E-state index is 0.317. The van der Waals surface area contributed by atoms with Gasteiger partial charge < -0.3 is 19.7 Å². The highest BCUT2D eigenvalue weighted by molar-refractivity contribution is 4.75. The highest BCUT2D eigenvalue weighted by Gasteiger charge is 2.24. The molecule has 0 radical (unpaired) electrons. The molecule has 4 heteroatoms. The summed E-state index contributed by atoms with van der Waals surface area (Å²) < 4.78 is 11.6. The fourth-order valence-electron chi connectivity index (χ4n) is 2.19. The summed E-state index contributed by atoms with van der Waals surface area (Å²) >= 11 is 0. The zero-order valence-corrected chi connectivity index (χ0v) is 12.3. The summed E-state index contributed by atoms with van der Waals surface area (Å²) in [4.78, 5) is 2.19. The summed E-state index contributed by atoms with van der Waals surface area (Å²) in [5.41, 5.74) is 0. The third kappa shape index (κ3) is 7.31. The molecule has 0 spiro atoms. The van der Waals surface area contributed by atoms with E-state index in [-0.39, 0.29) is 0 Å². The lowest BCUT2D eigenvalue weighted by Gasteiger charge is -2.15. The quantitative estimate of drug-likeness (QED) is 0.602. The SMILES string of the molecule is CCCNCC1CCC(COCCCN(C)C)O1. The normalized spacial score (nSPS) is 24.0. The summed E-state index contributed by atoms with van der Waals surface area (Å²) in [6.07, 6.45) is 5.31. The molecule has 1 aliphatic heterocycles. The van der Waals surface area contributed by atoms with Gasteiger partial charge in [-0.3, -0.25) is 0 Å². The molecule has 0 bridgehead atoms. The van der Waals surface area contributed by atoms with Crippen molar-refractivity contribution in [2.75, 3.05) is 46.9 Å². The van der Waals surface area contributed by atoms with Gasteiger partial charge in [-0.15, -0.1) is 0 Å². The van der Waals surface area contributed by atoms with Crippen molar-refractivity contribution in [1.29, 1.82) is 0 Å². The fraction of sp³-hybridized carbons (Fsp3) is 1.00. The molecule has 0 aromatic heterocycles. The van der Waals surface area contributed by atoms with Crippen LogP contribution in [-0.4, -0.2) is 64.1 Å². The Labute approximate surface area is 112 Å². The molecular formula is C14H30N2O2. The van der Waals surface area contributed by atoms with E-state index in [9.17, 15) is 0 Å². The van der Waals surface area contributed by atoms with Crippen LogP contribution in [0.5, 0.6) is 0 Å². The van der Waals surface area contributed by atoms with E-state index in [0.29, 0.717) is 12.2 Å². The molecule has 1 N–H and O–H groups in total. The van der Waals surface area contributed by atoms with Crippen LogP contribution in [0.1, 0.15) is 32.6 Å². The Bertz CT molecular complexity index is 200. The van der Waals surface area contributed by atoms with Crippen molar-refractivity contribution in [2.24, 2.45) is 0 Å². The second-order valence-corrected chi connectivity index (χ2v) is 5.39. The van der Waals surface area contributed by atoms with E-state index in [1.165, 1.54) is 12.8 Å². The predicted octanol–water partition coefficient (Wildman–Crippen LogP) is 1.50. The van der Waals surface area contributed by atoms with Gasteiger partial charge in [0.05, 0.1) is 18.8 Å². The van der Waals surface area contributed by atoms with Crippen LogP contribution < -0.4 is 5.32 Å². The Morgan fingerprint density at radius 3 is 2.78 bits per heavy atom. The molecule has 2 unspecified atom stereocenters. The van der Waals surface area contributed by atoms with E-state index in [1.54, 1.807) is 0 Å². The van der Waals surface area contributed by atoms with Crippen LogP contribution in [-0.2, 0) is 9.47 Å². The van der Waals surface area contributed by atoms with Gasteiger partial charge in [0.25, 0.3) is 0 Å². The number of nitrogens with zero attached hydrogens (tertiary/aromatic N) is 1. The van der Waals surface area contributed by atoms with Crippen LogP contribution in [0, 0.1) is 0 Å². The van der Waals surface area contributed by atoms with Crippen molar-refractivity contribution in [2.45, 2.75) is 44.8 Å². The molecule has 4 nitrogen and oxygen atoms in total. The standard InChI is InChI=1S/C14H30N2O2/c1-4-8-15-11-13-6-7-14(18-13)12-17-10-5-9-16(2)3/h13-15H,4-12H2,1-3H3. The van der Waals surface area contributed by atoms with E-state index in [2.05, 4.69) is 31.2 Å². The van der Waals surface area contributed by atoms with Gasteiger partial charge in [-0.2, -0.15) is 0 Å². The highest BCUT2D eigenvalue weighted by atomic mass is 16.5. The van der Waals surface area contributed by atoms with E-state index >= 15 is 0 Å². The maximum absolute atomic E-state index is 5.94. The maximum atomic E-state index is 5.94. The lowest BCUT2D eigenvalue weighted by atomic mass is 10.2. The van der Waals surface area contributed by atoms with Crippen LogP contribution in [0.4, 0.5) is 0 Å². The van der Waals surface area contributed by atoms with Gasteiger partial charge in [0, 0.05) is 13.2 Å². The lowest BCUT2D eigenvalue weighted by Crippen LogP contribution is -2.28. The number of nitrogens with one attached hydrogen (secondary N) is 1. The minimum atomic E-state index is 0.317. The monoisotopic (exact) mass is 258 g/mol. The number of rotatable bonds is 10. The van der Waals surface area contributed by atoms with Gasteiger partial charge in [0.2, 0.25) is 0 Å². The number of ether oxygens (including phenoxy) is 2. The topological polar surface area (TPSA) is 33.7 Å². The Balaban J connectivity index is 1.94. The van der Waals surface area contributed by atoms with E-state index < -0.39 is 0 Å². The molecular weight excluding hydrogens is 228 g/mol. The Kier molecular flexibility index (Phi) is 8.59. The van der Waals surface area contributed by atoms with Crippen LogP contribution in [0.3, 0.4) is 0 Å². The molecule has 1 heterocycles. The van der Waals surface area contributed by atoms with Crippen molar-refractivity contribution in [3.63, 3.8) is 0 Å². The molecule has 0 aliphatic carbocycles. The smallest absolute Gasteiger partial charge is 0.0813 e. The van der Waals surface area contributed by atoms with Gasteiger partial charge in [0.15, 0.2) is 0 Å². The van der Waals surface area contributed by atoms with Crippen molar-refractivity contribution in [1.82, 2.24) is 10.2 Å². The molecule has 0 amide bonds. The highest BCUT2D eigenvalue weighted by Crippen LogP contribution is 2.19. The van der Waals surface area contributed by atoms with Crippen LogP contribution in [0.2, 0.25) is 0 Å². The first-order valence-corrected chi connectivity index (χ1v) is 7.31.